The number of aryl methyl sites for hydroxylation is 2. The van der Waals surface area contributed by atoms with Gasteiger partial charge in [-0.05, 0) is 45.2 Å². The molecule has 0 aliphatic heterocycles. The van der Waals surface area contributed by atoms with Crippen molar-refractivity contribution in [3.8, 4) is 0 Å². The average molecular weight is 325 g/mol. The molecule has 1 aliphatic rings. The van der Waals surface area contributed by atoms with Gasteiger partial charge in [-0.3, -0.25) is 4.98 Å². The maximum atomic E-state index is 4.71. The fraction of sp³-hybridized carbons (Fsp3) is 0.526. The normalized spacial score (nSPS) is 15.3. The van der Waals surface area contributed by atoms with Crippen molar-refractivity contribution >= 4 is 11.8 Å². The van der Waals surface area contributed by atoms with Gasteiger partial charge >= 0.3 is 0 Å². The number of pyridine rings is 1. The van der Waals surface area contributed by atoms with Crippen LogP contribution in [0, 0.1) is 20.8 Å². The minimum atomic E-state index is 0.539. The Bertz CT molecular complexity index is 692. The molecule has 0 atom stereocenters. The lowest BCUT2D eigenvalue weighted by molar-refractivity contribution is 0.461. The maximum Gasteiger partial charge on any atom is 0.225 e. The highest BCUT2D eigenvalue weighted by atomic mass is 15.2. The molecule has 0 saturated heterocycles. The van der Waals surface area contributed by atoms with E-state index in [1.807, 2.05) is 19.2 Å². The van der Waals surface area contributed by atoms with Crippen LogP contribution in [-0.2, 0) is 6.54 Å². The monoisotopic (exact) mass is 325 g/mol. The molecule has 2 aromatic rings. The van der Waals surface area contributed by atoms with Gasteiger partial charge in [-0.1, -0.05) is 25.3 Å². The van der Waals surface area contributed by atoms with Gasteiger partial charge in [0.2, 0.25) is 5.95 Å². The van der Waals surface area contributed by atoms with Crippen molar-refractivity contribution in [3.63, 3.8) is 0 Å². The van der Waals surface area contributed by atoms with Crippen molar-refractivity contribution in [2.75, 3.05) is 10.6 Å². The van der Waals surface area contributed by atoms with Crippen molar-refractivity contribution in [3.05, 3.63) is 40.8 Å². The second-order valence-electron chi connectivity index (χ2n) is 6.71. The van der Waals surface area contributed by atoms with Gasteiger partial charge in [-0.2, -0.15) is 4.98 Å². The predicted molar refractivity (Wildman–Crippen MR) is 98.3 cm³/mol. The Morgan fingerprint density at radius 1 is 1.08 bits per heavy atom. The first-order chi connectivity index (χ1) is 11.6. The molecule has 0 spiro atoms. The van der Waals surface area contributed by atoms with E-state index in [1.165, 1.54) is 37.7 Å². The Hall–Kier alpha value is -2.17. The second kappa shape index (κ2) is 7.60. The molecule has 0 radical (unpaired) electrons. The lowest BCUT2D eigenvalue weighted by Crippen LogP contribution is -2.24. The lowest BCUT2D eigenvalue weighted by atomic mass is 9.95. The van der Waals surface area contributed by atoms with Gasteiger partial charge in [0, 0.05) is 23.5 Å². The molecule has 2 N–H and O–H groups in total. The Kier molecular flexibility index (Phi) is 5.28. The largest absolute Gasteiger partial charge is 0.367 e. The summed E-state index contributed by atoms with van der Waals surface area (Å²) in [5.41, 5.74) is 4.36. The quantitative estimate of drug-likeness (QED) is 0.864. The van der Waals surface area contributed by atoms with Gasteiger partial charge in [0.1, 0.15) is 5.82 Å². The van der Waals surface area contributed by atoms with Crippen LogP contribution in [0.4, 0.5) is 11.8 Å². The highest BCUT2D eigenvalue weighted by Crippen LogP contribution is 2.24. The molecular weight excluding hydrogens is 298 g/mol. The Balaban J connectivity index is 1.72. The molecule has 0 unspecified atom stereocenters. The zero-order valence-corrected chi connectivity index (χ0v) is 14.9. The summed E-state index contributed by atoms with van der Waals surface area (Å²) in [5.74, 6) is 1.64. The van der Waals surface area contributed by atoms with Gasteiger partial charge in [0.25, 0.3) is 0 Å². The molecular formula is C19H27N5. The van der Waals surface area contributed by atoms with E-state index in [0.29, 0.717) is 18.5 Å². The van der Waals surface area contributed by atoms with Crippen LogP contribution in [0.1, 0.15) is 54.6 Å². The van der Waals surface area contributed by atoms with Crippen LogP contribution in [-0.4, -0.2) is 21.0 Å². The van der Waals surface area contributed by atoms with Gasteiger partial charge < -0.3 is 10.6 Å². The number of nitrogens with one attached hydrogen (secondary N) is 2. The summed E-state index contributed by atoms with van der Waals surface area (Å²) >= 11 is 0. The van der Waals surface area contributed by atoms with Crippen LogP contribution in [0.3, 0.4) is 0 Å². The van der Waals surface area contributed by atoms with Crippen LogP contribution in [0.5, 0.6) is 0 Å². The summed E-state index contributed by atoms with van der Waals surface area (Å²) in [5, 5.41) is 6.96. The number of anilines is 2. The molecule has 1 saturated carbocycles. The first-order valence-electron chi connectivity index (χ1n) is 8.89. The third-order valence-electron chi connectivity index (χ3n) is 4.87. The van der Waals surface area contributed by atoms with Gasteiger partial charge in [0.05, 0.1) is 12.2 Å². The van der Waals surface area contributed by atoms with Crippen LogP contribution < -0.4 is 10.6 Å². The Morgan fingerprint density at radius 2 is 1.88 bits per heavy atom. The smallest absolute Gasteiger partial charge is 0.225 e. The first kappa shape index (κ1) is 16.7. The van der Waals surface area contributed by atoms with E-state index in [4.69, 9.17) is 4.98 Å². The maximum absolute atomic E-state index is 4.71. The van der Waals surface area contributed by atoms with Crippen molar-refractivity contribution < 1.29 is 0 Å². The minimum absolute atomic E-state index is 0.539. The van der Waals surface area contributed by atoms with E-state index in [2.05, 4.69) is 40.5 Å². The second-order valence-corrected chi connectivity index (χ2v) is 6.71. The number of rotatable bonds is 5. The van der Waals surface area contributed by atoms with Crippen molar-refractivity contribution in [2.45, 2.75) is 65.5 Å². The highest BCUT2D eigenvalue weighted by Gasteiger charge is 2.16. The summed E-state index contributed by atoms with van der Waals surface area (Å²) in [7, 11) is 0. The van der Waals surface area contributed by atoms with E-state index < -0.39 is 0 Å². The SMILES string of the molecule is Cc1cccnc1CNc1nc(C)c(C)c(NC2CCCCC2)n1. The van der Waals surface area contributed by atoms with E-state index >= 15 is 0 Å². The molecule has 24 heavy (non-hydrogen) atoms. The van der Waals surface area contributed by atoms with Crippen LogP contribution >= 0.6 is 0 Å². The topological polar surface area (TPSA) is 62.7 Å². The summed E-state index contributed by atoms with van der Waals surface area (Å²) < 4.78 is 0. The molecule has 1 aliphatic carbocycles. The van der Waals surface area contributed by atoms with E-state index in [1.54, 1.807) is 0 Å². The minimum Gasteiger partial charge on any atom is -0.367 e. The Morgan fingerprint density at radius 3 is 2.62 bits per heavy atom. The first-order valence-corrected chi connectivity index (χ1v) is 8.89. The van der Waals surface area contributed by atoms with Crippen molar-refractivity contribution in [1.29, 1.82) is 0 Å². The van der Waals surface area contributed by atoms with Crippen LogP contribution in [0.2, 0.25) is 0 Å². The fourth-order valence-corrected chi connectivity index (χ4v) is 3.15. The number of hydrogen-bond donors (Lipinski definition) is 2. The number of nitrogens with zero attached hydrogens (tertiary/aromatic N) is 3. The lowest BCUT2D eigenvalue weighted by Gasteiger charge is -2.24. The van der Waals surface area contributed by atoms with Gasteiger partial charge in [0.15, 0.2) is 0 Å². The number of hydrogen-bond acceptors (Lipinski definition) is 5. The van der Waals surface area contributed by atoms with Crippen molar-refractivity contribution in [1.82, 2.24) is 15.0 Å². The summed E-state index contributed by atoms with van der Waals surface area (Å²) in [4.78, 5) is 13.7. The third-order valence-corrected chi connectivity index (χ3v) is 4.87. The van der Waals surface area contributed by atoms with Gasteiger partial charge in [-0.25, -0.2) is 4.98 Å². The molecule has 2 aromatic heterocycles. The summed E-state index contributed by atoms with van der Waals surface area (Å²) in [6.07, 6.45) is 8.27. The van der Waals surface area contributed by atoms with E-state index in [0.717, 1.165) is 22.8 Å². The Labute approximate surface area is 144 Å². The average Bonchev–Trinajstić information content (AvgIpc) is 2.59. The molecule has 0 bridgehead atoms. The zero-order valence-electron chi connectivity index (χ0n) is 14.9. The van der Waals surface area contributed by atoms with Gasteiger partial charge in [-0.15, -0.1) is 0 Å². The van der Waals surface area contributed by atoms with Crippen LogP contribution in [0.25, 0.3) is 0 Å². The highest BCUT2D eigenvalue weighted by molar-refractivity contribution is 5.50. The third kappa shape index (κ3) is 4.02. The molecule has 0 amide bonds. The summed E-state index contributed by atoms with van der Waals surface area (Å²) in [6.45, 7) is 6.84. The van der Waals surface area contributed by atoms with Crippen LogP contribution in [0.15, 0.2) is 18.3 Å². The van der Waals surface area contributed by atoms with E-state index in [9.17, 15) is 0 Å². The standard InChI is InChI=1S/C19H27N5/c1-13-8-7-11-20-17(13)12-21-19-22-15(3)14(2)18(24-19)23-16-9-5-4-6-10-16/h7-8,11,16H,4-6,9-10,12H2,1-3H3,(H2,21,22,23,24). The predicted octanol–water partition coefficient (Wildman–Crippen LogP) is 4.15. The molecule has 3 rings (SSSR count). The molecule has 1 fully saturated rings. The molecule has 5 nitrogen and oxygen atoms in total. The molecule has 2 heterocycles. The zero-order chi connectivity index (χ0) is 16.9. The number of aromatic nitrogens is 3. The molecule has 128 valence electrons. The molecule has 5 heteroatoms. The summed E-state index contributed by atoms with van der Waals surface area (Å²) in [6, 6.07) is 4.57. The van der Waals surface area contributed by atoms with Crippen molar-refractivity contribution in [2.24, 2.45) is 0 Å². The fourth-order valence-electron chi connectivity index (χ4n) is 3.15. The molecule has 0 aromatic carbocycles. The van der Waals surface area contributed by atoms with E-state index in [-0.39, 0.29) is 0 Å².